The summed E-state index contributed by atoms with van der Waals surface area (Å²) in [5, 5.41) is 2.52. The van der Waals surface area contributed by atoms with Crippen LogP contribution in [0.25, 0.3) is 55.3 Å². The van der Waals surface area contributed by atoms with Gasteiger partial charge in [0.25, 0.3) is 0 Å². The molecule has 0 saturated heterocycles. The number of rotatable bonds is 6. The number of nitrogens with zero attached hydrogens (tertiary/aromatic N) is 2. The molecule has 14 rings (SSSR count). The predicted octanol–water partition coefficient (Wildman–Crippen LogP) is 18.1. The lowest BCUT2D eigenvalue weighted by molar-refractivity contribution is 0.660. The second kappa shape index (κ2) is 15.4. The molecule has 1 spiro atoms. The van der Waals surface area contributed by atoms with E-state index in [1.165, 1.54) is 100 Å². The Morgan fingerprint density at radius 2 is 0.743 bits per heavy atom. The zero-order valence-corrected chi connectivity index (χ0v) is 39.1. The molecule has 3 aliphatic rings. The molecule has 0 fully saturated rings. The molecular formula is C68H48N2. The van der Waals surface area contributed by atoms with Crippen LogP contribution >= 0.6 is 0 Å². The number of hydrogen-bond donors (Lipinski definition) is 0. The highest BCUT2D eigenvalue weighted by Gasteiger charge is 2.52. The molecule has 70 heavy (non-hydrogen) atoms. The van der Waals surface area contributed by atoms with E-state index in [1.807, 2.05) is 0 Å². The fourth-order valence-corrected chi connectivity index (χ4v) is 12.4. The second-order valence-electron chi connectivity index (χ2n) is 19.7. The first-order valence-electron chi connectivity index (χ1n) is 24.5. The van der Waals surface area contributed by atoms with E-state index in [9.17, 15) is 0 Å². The number of para-hydroxylation sites is 3. The molecule has 0 bridgehead atoms. The van der Waals surface area contributed by atoms with Gasteiger partial charge < -0.3 is 9.80 Å². The van der Waals surface area contributed by atoms with Gasteiger partial charge >= 0.3 is 0 Å². The van der Waals surface area contributed by atoms with E-state index in [4.69, 9.17) is 0 Å². The van der Waals surface area contributed by atoms with E-state index in [2.05, 4.69) is 278 Å². The van der Waals surface area contributed by atoms with Crippen molar-refractivity contribution in [2.24, 2.45) is 0 Å². The summed E-state index contributed by atoms with van der Waals surface area (Å²) in [5.74, 6) is 0. The maximum atomic E-state index is 2.51. The Balaban J connectivity index is 0.939. The average Bonchev–Trinajstić information content (AvgIpc) is 3.84. The van der Waals surface area contributed by atoms with Crippen molar-refractivity contribution in [1.82, 2.24) is 0 Å². The normalized spacial score (nSPS) is 14.1. The van der Waals surface area contributed by atoms with Crippen LogP contribution in [0.5, 0.6) is 0 Å². The van der Waals surface area contributed by atoms with Gasteiger partial charge in [0.15, 0.2) is 0 Å². The van der Waals surface area contributed by atoms with Gasteiger partial charge in [-0.15, -0.1) is 0 Å². The highest BCUT2D eigenvalue weighted by Crippen LogP contribution is 2.64. The first-order chi connectivity index (χ1) is 34.5. The SMILES string of the molecule is CC1(C)c2ccccc2-c2ccc(N(c3ccc(-c4ccc(-c5ccc6ccccc6c5)cc4)cc3)c3ccc4c(c3)C3(c5ccccc5-4)c4ccccc4N(c4ccccc4)c4ccccc43)cc21. The summed E-state index contributed by atoms with van der Waals surface area (Å²) >= 11 is 0. The molecule has 0 amide bonds. The van der Waals surface area contributed by atoms with Crippen LogP contribution in [-0.2, 0) is 10.8 Å². The monoisotopic (exact) mass is 892 g/mol. The van der Waals surface area contributed by atoms with Gasteiger partial charge in [-0.3, -0.25) is 0 Å². The van der Waals surface area contributed by atoms with Crippen LogP contribution in [-0.4, -0.2) is 0 Å². The quantitative estimate of drug-likeness (QED) is 0.164. The smallest absolute Gasteiger partial charge is 0.0755 e. The van der Waals surface area contributed by atoms with Gasteiger partial charge in [0.05, 0.1) is 16.8 Å². The van der Waals surface area contributed by atoms with Crippen molar-refractivity contribution >= 4 is 44.9 Å². The molecule has 11 aromatic carbocycles. The Labute approximate surface area is 410 Å². The largest absolute Gasteiger partial charge is 0.310 e. The van der Waals surface area contributed by atoms with Crippen molar-refractivity contribution in [2.75, 3.05) is 9.80 Å². The third-order valence-corrected chi connectivity index (χ3v) is 15.7. The van der Waals surface area contributed by atoms with Crippen molar-refractivity contribution in [3.05, 3.63) is 288 Å². The number of anilines is 6. The van der Waals surface area contributed by atoms with E-state index < -0.39 is 5.41 Å². The summed E-state index contributed by atoms with van der Waals surface area (Å²) in [5.41, 5.74) is 24.1. The van der Waals surface area contributed by atoms with Gasteiger partial charge in [0, 0.05) is 28.2 Å². The molecule has 2 nitrogen and oxygen atoms in total. The zero-order chi connectivity index (χ0) is 46.6. The Bertz CT molecular complexity index is 3820. The zero-order valence-electron chi connectivity index (χ0n) is 39.1. The summed E-state index contributed by atoms with van der Waals surface area (Å²) in [6.45, 7) is 4.75. The van der Waals surface area contributed by atoms with Crippen LogP contribution in [0.15, 0.2) is 255 Å². The van der Waals surface area contributed by atoms with E-state index in [-0.39, 0.29) is 5.41 Å². The van der Waals surface area contributed by atoms with E-state index in [0.717, 1.165) is 22.7 Å². The summed E-state index contributed by atoms with van der Waals surface area (Å²) in [6, 6.07) is 94.9. The van der Waals surface area contributed by atoms with Crippen molar-refractivity contribution in [3.8, 4) is 44.5 Å². The molecule has 1 heterocycles. The van der Waals surface area contributed by atoms with Crippen molar-refractivity contribution in [1.29, 1.82) is 0 Å². The lowest BCUT2D eigenvalue weighted by atomic mass is 9.64. The summed E-state index contributed by atoms with van der Waals surface area (Å²) in [7, 11) is 0. The minimum atomic E-state index is -0.573. The van der Waals surface area contributed by atoms with Crippen molar-refractivity contribution in [2.45, 2.75) is 24.7 Å². The predicted molar refractivity (Wildman–Crippen MR) is 293 cm³/mol. The summed E-state index contributed by atoms with van der Waals surface area (Å²) in [6.07, 6.45) is 0. The number of fused-ring (bicyclic) bond motifs is 13. The average molecular weight is 893 g/mol. The molecule has 11 aromatic rings. The van der Waals surface area contributed by atoms with E-state index >= 15 is 0 Å². The third-order valence-electron chi connectivity index (χ3n) is 15.7. The van der Waals surface area contributed by atoms with Crippen molar-refractivity contribution in [3.63, 3.8) is 0 Å². The minimum Gasteiger partial charge on any atom is -0.310 e. The summed E-state index contributed by atoms with van der Waals surface area (Å²) < 4.78 is 0. The molecule has 2 aliphatic carbocycles. The van der Waals surface area contributed by atoms with Gasteiger partial charge in [-0.1, -0.05) is 202 Å². The Morgan fingerprint density at radius 1 is 0.300 bits per heavy atom. The number of benzene rings is 11. The van der Waals surface area contributed by atoms with Crippen LogP contribution in [0.4, 0.5) is 34.1 Å². The van der Waals surface area contributed by atoms with Gasteiger partial charge in [-0.2, -0.15) is 0 Å². The number of hydrogen-bond acceptors (Lipinski definition) is 2. The fraction of sp³-hybridized carbons (Fsp3) is 0.0588. The lowest BCUT2D eigenvalue weighted by Crippen LogP contribution is -2.36. The Morgan fingerprint density at radius 3 is 1.40 bits per heavy atom. The standard InChI is InChI=1S/C68H48N2/c1-67(2)59-22-10-8-20-55(59)57-40-38-53(43-63(57)67)69(52-36-34-47(35-37-52)46-28-30-48(31-29-46)50-33-32-45-16-6-7-17-49(45)42-50)54-39-41-58-56-21-9-11-23-60(56)68(64(58)44-54)61-24-12-14-26-65(61)70(51-18-4-3-5-19-51)66-27-15-13-25-62(66)68/h3-44H,1-2H3. The molecule has 2 heteroatoms. The molecular weight excluding hydrogens is 845 g/mol. The molecule has 0 aromatic heterocycles. The highest BCUT2D eigenvalue weighted by molar-refractivity contribution is 5.97. The maximum absolute atomic E-state index is 2.51. The molecule has 0 saturated carbocycles. The first-order valence-corrected chi connectivity index (χ1v) is 24.5. The van der Waals surface area contributed by atoms with Crippen LogP contribution < -0.4 is 9.80 Å². The van der Waals surface area contributed by atoms with E-state index in [1.54, 1.807) is 0 Å². The molecule has 0 N–H and O–H groups in total. The Hall–Kier alpha value is -8.72. The summed E-state index contributed by atoms with van der Waals surface area (Å²) in [4.78, 5) is 4.94. The molecule has 0 atom stereocenters. The molecule has 0 radical (unpaired) electrons. The van der Waals surface area contributed by atoms with E-state index in [0.29, 0.717) is 0 Å². The van der Waals surface area contributed by atoms with Gasteiger partial charge in [0.2, 0.25) is 0 Å². The van der Waals surface area contributed by atoms with Crippen LogP contribution in [0.2, 0.25) is 0 Å². The van der Waals surface area contributed by atoms with Crippen LogP contribution in [0.3, 0.4) is 0 Å². The highest BCUT2D eigenvalue weighted by atomic mass is 15.2. The van der Waals surface area contributed by atoms with Crippen LogP contribution in [0.1, 0.15) is 47.2 Å². The van der Waals surface area contributed by atoms with Gasteiger partial charge in [0.1, 0.15) is 0 Å². The molecule has 1 aliphatic heterocycles. The van der Waals surface area contributed by atoms with Crippen LogP contribution in [0, 0.1) is 0 Å². The van der Waals surface area contributed by atoms with Gasteiger partial charge in [-0.25, -0.2) is 0 Å². The van der Waals surface area contributed by atoms with Crippen molar-refractivity contribution < 1.29 is 0 Å². The fourth-order valence-electron chi connectivity index (χ4n) is 12.4. The van der Waals surface area contributed by atoms with Gasteiger partial charge in [-0.05, 0) is 155 Å². The molecule has 330 valence electrons. The minimum absolute atomic E-state index is 0.153. The molecule has 0 unspecified atom stereocenters. The third kappa shape index (κ3) is 5.87. The lowest BCUT2D eigenvalue weighted by Gasteiger charge is -2.45. The Kier molecular flexibility index (Phi) is 8.88. The first kappa shape index (κ1) is 40.4. The maximum Gasteiger partial charge on any atom is 0.0755 e. The second-order valence-corrected chi connectivity index (χ2v) is 19.7. The topological polar surface area (TPSA) is 6.48 Å².